The molecule has 0 aromatic carbocycles. The number of aliphatic hydroxyl groups excluding tert-OH is 2. The molecule has 2 unspecified atom stereocenters. The lowest BCUT2D eigenvalue weighted by Crippen LogP contribution is -2.46. The fourth-order valence-corrected chi connectivity index (χ4v) is 5.43. The molecule has 0 radical (unpaired) electrons. The van der Waals surface area contributed by atoms with Crippen molar-refractivity contribution in [1.29, 1.82) is 0 Å². The van der Waals surface area contributed by atoms with Crippen LogP contribution in [-0.4, -0.2) is 55.3 Å². The van der Waals surface area contributed by atoms with Gasteiger partial charge >= 0.3 is 0 Å². The van der Waals surface area contributed by atoms with Crippen LogP contribution in [0.15, 0.2) is 47.6 Å². The summed E-state index contributed by atoms with van der Waals surface area (Å²) in [5.41, 5.74) is 1.67. The molecule has 0 bridgehead atoms. The SMILES string of the molecule is CC(C)(C1=CC=CC(Br)(Br)C1OCCO)C1=CC=CC(Br)(Br)C1OCCO. The Morgan fingerprint density at radius 2 is 1.22 bits per heavy atom. The van der Waals surface area contributed by atoms with Gasteiger partial charge in [-0.2, -0.15) is 0 Å². The first kappa shape index (κ1) is 24.0. The zero-order valence-electron chi connectivity index (χ0n) is 15.2. The van der Waals surface area contributed by atoms with E-state index in [9.17, 15) is 10.2 Å². The number of hydrogen-bond acceptors (Lipinski definition) is 4. The number of ether oxygens (including phenoxy) is 2. The first-order valence-corrected chi connectivity index (χ1v) is 11.8. The van der Waals surface area contributed by atoms with Crippen LogP contribution < -0.4 is 0 Å². The van der Waals surface area contributed by atoms with E-state index in [0.717, 1.165) is 11.1 Å². The summed E-state index contributed by atoms with van der Waals surface area (Å²) in [5.74, 6) is 0. The fourth-order valence-electron chi connectivity index (χ4n) is 3.31. The van der Waals surface area contributed by atoms with Gasteiger partial charge < -0.3 is 19.7 Å². The summed E-state index contributed by atoms with van der Waals surface area (Å²) < 4.78 is 10.9. The smallest absolute Gasteiger partial charge is 0.129 e. The second-order valence-corrected chi connectivity index (χ2v) is 14.3. The molecule has 4 nitrogen and oxygen atoms in total. The summed E-state index contributed by atoms with van der Waals surface area (Å²) in [5, 5.41) is 18.5. The standard InChI is InChI=1S/C19H24Br4O4/c1-17(2,13-5-3-7-18(20,21)15(13)26-11-9-24)14-6-4-8-19(22,23)16(14)27-12-10-25/h3-8,15-16,24-25H,9-12H2,1-2H3. The molecule has 8 heteroatoms. The summed E-state index contributed by atoms with van der Waals surface area (Å²) in [6.45, 7) is 4.61. The van der Waals surface area contributed by atoms with Crippen molar-refractivity contribution in [3.8, 4) is 0 Å². The predicted molar refractivity (Wildman–Crippen MR) is 123 cm³/mol. The molecular weight excluding hydrogens is 612 g/mol. The molecule has 2 N–H and O–H groups in total. The molecule has 0 aromatic heterocycles. The Morgan fingerprint density at radius 3 is 1.56 bits per heavy atom. The molecule has 0 amide bonds. The molecule has 2 aliphatic carbocycles. The third kappa shape index (κ3) is 5.45. The largest absolute Gasteiger partial charge is 0.394 e. The van der Waals surface area contributed by atoms with Crippen molar-refractivity contribution in [3.05, 3.63) is 47.6 Å². The Morgan fingerprint density at radius 1 is 0.852 bits per heavy atom. The van der Waals surface area contributed by atoms with E-state index in [4.69, 9.17) is 9.47 Å². The van der Waals surface area contributed by atoms with Crippen LogP contribution >= 0.6 is 63.7 Å². The topological polar surface area (TPSA) is 58.9 Å². The van der Waals surface area contributed by atoms with Crippen molar-refractivity contribution >= 4 is 63.7 Å². The van der Waals surface area contributed by atoms with E-state index < -0.39 is 11.9 Å². The van der Waals surface area contributed by atoms with Crippen LogP contribution in [0.5, 0.6) is 0 Å². The first-order chi connectivity index (χ1) is 12.6. The van der Waals surface area contributed by atoms with E-state index in [0.29, 0.717) is 0 Å². The van der Waals surface area contributed by atoms with Crippen LogP contribution in [-0.2, 0) is 9.47 Å². The van der Waals surface area contributed by atoms with E-state index in [1.807, 2.05) is 24.3 Å². The number of rotatable bonds is 8. The Balaban J connectivity index is 2.44. The zero-order valence-corrected chi connectivity index (χ0v) is 21.5. The quantitative estimate of drug-likeness (QED) is 0.379. The van der Waals surface area contributed by atoms with Crippen molar-refractivity contribution in [2.75, 3.05) is 26.4 Å². The molecule has 27 heavy (non-hydrogen) atoms. The lowest BCUT2D eigenvalue weighted by molar-refractivity contribution is 0.0280. The molecule has 0 fully saturated rings. The zero-order chi connectivity index (χ0) is 20.3. The van der Waals surface area contributed by atoms with Crippen molar-refractivity contribution in [1.82, 2.24) is 0 Å². The van der Waals surface area contributed by atoms with Gasteiger partial charge in [0, 0.05) is 5.41 Å². The highest BCUT2D eigenvalue weighted by molar-refractivity contribution is 9.25. The van der Waals surface area contributed by atoms with Crippen LogP contribution in [0.25, 0.3) is 0 Å². The third-order valence-corrected chi connectivity index (χ3v) is 7.37. The number of hydrogen-bond donors (Lipinski definition) is 2. The highest BCUT2D eigenvalue weighted by Gasteiger charge is 2.48. The average Bonchev–Trinajstić information content (AvgIpc) is 2.58. The maximum atomic E-state index is 9.24. The minimum atomic E-state index is -0.567. The fraction of sp³-hybridized carbons (Fsp3) is 0.579. The Kier molecular flexibility index (Phi) is 8.61. The van der Waals surface area contributed by atoms with Gasteiger partial charge in [-0.15, -0.1) is 0 Å². The molecule has 2 atom stereocenters. The van der Waals surface area contributed by atoms with Gasteiger partial charge in [0.1, 0.15) is 18.7 Å². The molecule has 0 saturated heterocycles. The van der Waals surface area contributed by atoms with Gasteiger partial charge in [-0.25, -0.2) is 0 Å². The van der Waals surface area contributed by atoms with Gasteiger partial charge in [-0.05, 0) is 11.1 Å². The van der Waals surface area contributed by atoms with Crippen molar-refractivity contribution in [3.63, 3.8) is 0 Å². The minimum Gasteiger partial charge on any atom is -0.394 e. The predicted octanol–water partition coefficient (Wildman–Crippen LogP) is 4.73. The van der Waals surface area contributed by atoms with Gasteiger partial charge in [-0.3, -0.25) is 0 Å². The van der Waals surface area contributed by atoms with Crippen molar-refractivity contribution in [2.24, 2.45) is 5.41 Å². The lowest BCUT2D eigenvalue weighted by atomic mass is 9.70. The summed E-state index contributed by atoms with van der Waals surface area (Å²) in [6, 6.07) is 0. The van der Waals surface area contributed by atoms with Gasteiger partial charge in [0.05, 0.1) is 26.4 Å². The minimum absolute atomic E-state index is 0.0520. The van der Waals surface area contributed by atoms with E-state index in [2.05, 4.69) is 89.7 Å². The molecule has 0 aromatic rings. The van der Waals surface area contributed by atoms with Gasteiger partial charge in [-0.1, -0.05) is 114 Å². The Labute approximate surface area is 194 Å². The lowest BCUT2D eigenvalue weighted by Gasteiger charge is -2.45. The molecule has 0 spiro atoms. The van der Waals surface area contributed by atoms with Gasteiger partial charge in [0.15, 0.2) is 0 Å². The molecule has 0 heterocycles. The van der Waals surface area contributed by atoms with Gasteiger partial charge in [0.25, 0.3) is 0 Å². The Bertz CT molecular complexity index is 596. The van der Waals surface area contributed by atoms with E-state index in [-0.39, 0.29) is 38.6 Å². The summed E-state index contributed by atoms with van der Waals surface area (Å²) in [7, 11) is 0. The van der Waals surface area contributed by atoms with Crippen molar-refractivity contribution < 1.29 is 19.7 Å². The molecule has 152 valence electrons. The van der Waals surface area contributed by atoms with Crippen LogP contribution in [0.1, 0.15) is 13.8 Å². The van der Waals surface area contributed by atoms with Crippen molar-refractivity contribution in [2.45, 2.75) is 32.5 Å². The number of aliphatic hydroxyl groups is 2. The number of allylic oxidation sites excluding steroid dienone is 4. The number of alkyl halides is 4. The van der Waals surface area contributed by atoms with E-state index >= 15 is 0 Å². The highest BCUT2D eigenvalue weighted by atomic mass is 79.9. The average molecular weight is 636 g/mol. The van der Waals surface area contributed by atoms with Crippen LogP contribution in [0.2, 0.25) is 0 Å². The van der Waals surface area contributed by atoms with E-state index in [1.165, 1.54) is 0 Å². The van der Waals surface area contributed by atoms with Gasteiger partial charge in [0.2, 0.25) is 0 Å². The molecule has 2 rings (SSSR count). The molecule has 0 aliphatic heterocycles. The first-order valence-electron chi connectivity index (χ1n) is 8.58. The monoisotopic (exact) mass is 632 g/mol. The normalized spacial score (nSPS) is 26.7. The maximum absolute atomic E-state index is 9.24. The molecular formula is C19H24Br4O4. The summed E-state index contributed by atoms with van der Waals surface area (Å²) >= 11 is 14.8. The second-order valence-electron chi connectivity index (χ2n) is 6.89. The summed E-state index contributed by atoms with van der Waals surface area (Å²) in [4.78, 5) is 0. The van der Waals surface area contributed by atoms with E-state index in [1.54, 1.807) is 0 Å². The molecule has 0 saturated carbocycles. The second kappa shape index (κ2) is 9.69. The Hall–Kier alpha value is 0.720. The summed E-state index contributed by atoms with van der Waals surface area (Å²) in [6.07, 6.45) is 11.4. The highest BCUT2D eigenvalue weighted by Crippen LogP contribution is 2.52. The maximum Gasteiger partial charge on any atom is 0.129 e. The number of halogens is 4. The van der Waals surface area contributed by atoms with Crippen LogP contribution in [0, 0.1) is 5.41 Å². The third-order valence-electron chi connectivity index (χ3n) is 4.65. The van der Waals surface area contributed by atoms with Crippen LogP contribution in [0.4, 0.5) is 0 Å². The van der Waals surface area contributed by atoms with Crippen LogP contribution in [0.3, 0.4) is 0 Å². The molecule has 2 aliphatic rings.